The molecule has 0 saturated carbocycles. The number of nitrogens with zero attached hydrogens (tertiary/aromatic N) is 2. The van der Waals surface area contributed by atoms with Crippen LogP contribution in [0.1, 0.15) is 39.2 Å². The van der Waals surface area contributed by atoms with E-state index in [0.29, 0.717) is 19.6 Å². The number of carbonyl (C=O) groups excluding carboxylic acids is 3. The van der Waals surface area contributed by atoms with Gasteiger partial charge in [0.15, 0.2) is 0 Å². The number of amides is 4. The topological polar surface area (TPSA) is 79.0 Å². The number of hydrogen-bond donors (Lipinski definition) is 1. The quantitative estimate of drug-likeness (QED) is 0.720. The molecule has 0 atom stereocenters. The van der Waals surface area contributed by atoms with Crippen LogP contribution in [0, 0.1) is 0 Å². The SMILES string of the molecule is CCOc1ccc(CN(C)C(=O)CCCN2C(=O)NC(C)(C)C2=O)cc1. The molecule has 0 aromatic heterocycles. The minimum absolute atomic E-state index is 0.0230. The predicted molar refractivity (Wildman–Crippen MR) is 97.6 cm³/mol. The maximum atomic E-state index is 12.3. The first-order valence-electron chi connectivity index (χ1n) is 8.84. The largest absolute Gasteiger partial charge is 0.494 e. The summed E-state index contributed by atoms with van der Waals surface area (Å²) in [4.78, 5) is 39.0. The van der Waals surface area contributed by atoms with Gasteiger partial charge in [-0.3, -0.25) is 14.5 Å². The van der Waals surface area contributed by atoms with Crippen LogP contribution in [0.3, 0.4) is 0 Å². The van der Waals surface area contributed by atoms with Crippen molar-refractivity contribution < 1.29 is 19.1 Å². The third-order valence-electron chi connectivity index (χ3n) is 4.30. The molecule has 1 aliphatic heterocycles. The molecular formula is C19H27N3O4. The molecule has 26 heavy (non-hydrogen) atoms. The molecule has 0 spiro atoms. The van der Waals surface area contributed by atoms with E-state index in [9.17, 15) is 14.4 Å². The van der Waals surface area contributed by atoms with E-state index in [1.54, 1.807) is 25.8 Å². The van der Waals surface area contributed by atoms with Gasteiger partial charge in [0.25, 0.3) is 5.91 Å². The lowest BCUT2D eigenvalue weighted by Crippen LogP contribution is -2.40. The fourth-order valence-corrected chi connectivity index (χ4v) is 2.82. The summed E-state index contributed by atoms with van der Waals surface area (Å²) in [7, 11) is 1.75. The highest BCUT2D eigenvalue weighted by Crippen LogP contribution is 2.17. The van der Waals surface area contributed by atoms with Crippen LogP contribution in [0.5, 0.6) is 5.75 Å². The van der Waals surface area contributed by atoms with Gasteiger partial charge in [-0.25, -0.2) is 4.79 Å². The standard InChI is InChI=1S/C19H27N3O4/c1-5-26-15-10-8-14(9-11-15)13-21(4)16(23)7-6-12-22-17(24)19(2,3)20-18(22)25/h8-11H,5-7,12-13H2,1-4H3,(H,20,25). The molecule has 0 unspecified atom stereocenters. The van der Waals surface area contributed by atoms with E-state index in [0.717, 1.165) is 11.3 Å². The third-order valence-corrected chi connectivity index (χ3v) is 4.30. The van der Waals surface area contributed by atoms with Gasteiger partial charge in [-0.15, -0.1) is 0 Å². The average Bonchev–Trinajstić information content (AvgIpc) is 2.78. The maximum absolute atomic E-state index is 12.3. The molecule has 1 aromatic rings. The van der Waals surface area contributed by atoms with E-state index in [1.165, 1.54) is 4.90 Å². The summed E-state index contributed by atoms with van der Waals surface area (Å²) in [5, 5.41) is 2.63. The molecule has 1 fully saturated rings. The van der Waals surface area contributed by atoms with Crippen molar-refractivity contribution in [1.29, 1.82) is 0 Å². The van der Waals surface area contributed by atoms with E-state index in [1.807, 2.05) is 31.2 Å². The second-order valence-electron chi connectivity index (χ2n) is 6.94. The van der Waals surface area contributed by atoms with Crippen molar-refractivity contribution in [2.24, 2.45) is 0 Å². The Balaban J connectivity index is 1.78. The molecule has 7 nitrogen and oxygen atoms in total. The minimum atomic E-state index is -0.870. The Hall–Kier alpha value is -2.57. The number of carbonyl (C=O) groups is 3. The summed E-state index contributed by atoms with van der Waals surface area (Å²) in [5.41, 5.74) is 0.145. The highest BCUT2D eigenvalue weighted by molar-refractivity contribution is 6.06. The summed E-state index contributed by atoms with van der Waals surface area (Å²) >= 11 is 0. The number of urea groups is 1. The van der Waals surface area contributed by atoms with Gasteiger partial charge in [0.2, 0.25) is 5.91 Å². The van der Waals surface area contributed by atoms with Gasteiger partial charge in [-0.2, -0.15) is 0 Å². The zero-order chi connectivity index (χ0) is 19.3. The normalized spacial score (nSPS) is 15.8. The summed E-state index contributed by atoms with van der Waals surface area (Å²) < 4.78 is 5.40. The second kappa shape index (κ2) is 8.21. The van der Waals surface area contributed by atoms with Crippen molar-refractivity contribution in [3.05, 3.63) is 29.8 Å². The lowest BCUT2D eigenvalue weighted by atomic mass is 10.1. The molecule has 0 bridgehead atoms. The molecule has 1 aliphatic rings. The van der Waals surface area contributed by atoms with Crippen molar-refractivity contribution in [2.75, 3.05) is 20.2 Å². The van der Waals surface area contributed by atoms with Crippen molar-refractivity contribution in [1.82, 2.24) is 15.1 Å². The Labute approximate surface area is 154 Å². The number of rotatable bonds is 8. The third kappa shape index (κ3) is 4.74. The van der Waals surface area contributed by atoms with E-state index in [4.69, 9.17) is 4.74 Å². The van der Waals surface area contributed by atoms with E-state index < -0.39 is 11.6 Å². The maximum Gasteiger partial charge on any atom is 0.325 e. The average molecular weight is 361 g/mol. The van der Waals surface area contributed by atoms with Crippen LogP contribution in [0.25, 0.3) is 0 Å². The zero-order valence-corrected chi connectivity index (χ0v) is 15.9. The Bertz CT molecular complexity index is 670. The van der Waals surface area contributed by atoms with Crippen LogP contribution in [0.2, 0.25) is 0 Å². The summed E-state index contributed by atoms with van der Waals surface area (Å²) in [6.07, 6.45) is 0.729. The second-order valence-corrected chi connectivity index (χ2v) is 6.94. The van der Waals surface area contributed by atoms with Gasteiger partial charge in [0, 0.05) is 26.6 Å². The highest BCUT2D eigenvalue weighted by Gasteiger charge is 2.43. The van der Waals surface area contributed by atoms with Gasteiger partial charge >= 0.3 is 6.03 Å². The van der Waals surface area contributed by atoms with E-state index in [-0.39, 0.29) is 24.8 Å². The van der Waals surface area contributed by atoms with Crippen molar-refractivity contribution in [2.45, 2.75) is 45.7 Å². The lowest BCUT2D eigenvalue weighted by Gasteiger charge is -2.19. The van der Waals surface area contributed by atoms with Gasteiger partial charge in [-0.1, -0.05) is 12.1 Å². The fourth-order valence-electron chi connectivity index (χ4n) is 2.82. The zero-order valence-electron chi connectivity index (χ0n) is 15.9. The Kier molecular flexibility index (Phi) is 6.23. The molecule has 1 heterocycles. The van der Waals surface area contributed by atoms with Crippen molar-refractivity contribution in [3.63, 3.8) is 0 Å². The molecule has 0 radical (unpaired) electrons. The monoisotopic (exact) mass is 361 g/mol. The molecule has 1 N–H and O–H groups in total. The van der Waals surface area contributed by atoms with Crippen LogP contribution in [-0.4, -0.2) is 53.4 Å². The van der Waals surface area contributed by atoms with Gasteiger partial charge in [-0.05, 0) is 44.9 Å². The molecule has 1 saturated heterocycles. The van der Waals surface area contributed by atoms with Crippen LogP contribution < -0.4 is 10.1 Å². The fraction of sp³-hybridized carbons (Fsp3) is 0.526. The molecule has 0 aliphatic carbocycles. The van der Waals surface area contributed by atoms with E-state index in [2.05, 4.69) is 5.32 Å². The number of imide groups is 1. The predicted octanol–water partition coefficient (Wildman–Crippen LogP) is 2.15. The molecule has 4 amide bonds. The van der Waals surface area contributed by atoms with Gasteiger partial charge < -0.3 is 15.0 Å². The highest BCUT2D eigenvalue weighted by atomic mass is 16.5. The van der Waals surface area contributed by atoms with Crippen molar-refractivity contribution in [3.8, 4) is 5.75 Å². The number of hydrogen-bond acceptors (Lipinski definition) is 4. The Morgan fingerprint density at radius 2 is 1.88 bits per heavy atom. The number of benzene rings is 1. The molecule has 7 heteroatoms. The molecule has 2 rings (SSSR count). The lowest BCUT2D eigenvalue weighted by molar-refractivity contribution is -0.132. The first-order chi connectivity index (χ1) is 12.2. The number of nitrogens with one attached hydrogen (secondary N) is 1. The summed E-state index contributed by atoms with van der Waals surface area (Å²) in [5.74, 6) is 0.532. The summed E-state index contributed by atoms with van der Waals surface area (Å²) in [6, 6.07) is 7.25. The molecule has 1 aromatic carbocycles. The first-order valence-corrected chi connectivity index (χ1v) is 8.84. The van der Waals surface area contributed by atoms with Crippen LogP contribution in [0.15, 0.2) is 24.3 Å². The Morgan fingerprint density at radius 1 is 1.23 bits per heavy atom. The molecular weight excluding hydrogens is 334 g/mol. The van der Waals surface area contributed by atoms with Crippen molar-refractivity contribution >= 4 is 17.8 Å². The molecule has 142 valence electrons. The number of ether oxygens (including phenoxy) is 1. The summed E-state index contributed by atoms with van der Waals surface area (Å²) in [6.45, 7) is 6.64. The minimum Gasteiger partial charge on any atom is -0.494 e. The van der Waals surface area contributed by atoms with Crippen LogP contribution >= 0.6 is 0 Å². The first kappa shape index (κ1) is 19.8. The Morgan fingerprint density at radius 3 is 2.42 bits per heavy atom. The smallest absolute Gasteiger partial charge is 0.325 e. The van der Waals surface area contributed by atoms with Gasteiger partial charge in [0.05, 0.1) is 6.61 Å². The van der Waals surface area contributed by atoms with Crippen LogP contribution in [-0.2, 0) is 16.1 Å². The van der Waals surface area contributed by atoms with Crippen LogP contribution in [0.4, 0.5) is 4.79 Å². The van der Waals surface area contributed by atoms with Gasteiger partial charge in [0.1, 0.15) is 11.3 Å². The van der Waals surface area contributed by atoms with E-state index >= 15 is 0 Å².